The predicted molar refractivity (Wildman–Crippen MR) is 79.3 cm³/mol. The van der Waals surface area contributed by atoms with Crippen LogP contribution in [0.5, 0.6) is 0 Å². The molecule has 0 radical (unpaired) electrons. The molecule has 21 heavy (non-hydrogen) atoms. The molecule has 0 amide bonds. The lowest BCUT2D eigenvalue weighted by atomic mass is 10.4. The van der Waals surface area contributed by atoms with E-state index < -0.39 is 16.6 Å². The fraction of sp³-hybridized carbons (Fsp3) is 0.462. The van der Waals surface area contributed by atoms with E-state index in [1.807, 2.05) is 17.5 Å². The van der Waals surface area contributed by atoms with Crippen molar-refractivity contribution < 1.29 is 13.5 Å². The number of nitrogens with zero attached hydrogens (tertiary/aromatic N) is 2. The molecule has 0 atom stereocenters. The standard InChI is InChI=1S/C13H17N3O3S2/c1-9-13(12(8-17)15-14-9)21(18,19)16(10-4-5-10)7-11-3-2-6-20-11/h2-3,6,10,17H,4-5,7-8H2,1H3,(H,14,15). The van der Waals surface area contributed by atoms with E-state index in [4.69, 9.17) is 0 Å². The van der Waals surface area contributed by atoms with Crippen LogP contribution in [0.3, 0.4) is 0 Å². The molecule has 114 valence electrons. The molecule has 2 aromatic heterocycles. The maximum atomic E-state index is 13.0. The van der Waals surface area contributed by atoms with Gasteiger partial charge in [0.25, 0.3) is 0 Å². The molecule has 0 saturated heterocycles. The topological polar surface area (TPSA) is 86.3 Å². The fourth-order valence-corrected chi connectivity index (χ4v) is 5.14. The summed E-state index contributed by atoms with van der Waals surface area (Å²) in [5.74, 6) is 0. The van der Waals surface area contributed by atoms with E-state index in [-0.39, 0.29) is 16.6 Å². The first-order valence-electron chi connectivity index (χ1n) is 6.73. The Kier molecular flexibility index (Phi) is 3.87. The van der Waals surface area contributed by atoms with Gasteiger partial charge in [-0.2, -0.15) is 9.40 Å². The van der Waals surface area contributed by atoms with Crippen molar-refractivity contribution in [1.82, 2.24) is 14.5 Å². The average Bonchev–Trinajstić information content (AvgIpc) is 3.00. The van der Waals surface area contributed by atoms with Crippen molar-refractivity contribution in [3.8, 4) is 0 Å². The van der Waals surface area contributed by atoms with Gasteiger partial charge >= 0.3 is 0 Å². The van der Waals surface area contributed by atoms with Crippen LogP contribution in [0, 0.1) is 6.92 Å². The lowest BCUT2D eigenvalue weighted by molar-refractivity contribution is 0.272. The summed E-state index contributed by atoms with van der Waals surface area (Å²) in [6.07, 6.45) is 1.77. The normalized spacial score (nSPS) is 15.8. The molecule has 1 aliphatic carbocycles. The van der Waals surface area contributed by atoms with Gasteiger partial charge in [0, 0.05) is 17.5 Å². The zero-order chi connectivity index (χ0) is 15.0. The third kappa shape index (κ3) is 2.76. The number of aliphatic hydroxyl groups is 1. The summed E-state index contributed by atoms with van der Waals surface area (Å²) in [7, 11) is -3.66. The molecule has 1 fully saturated rings. The van der Waals surface area contributed by atoms with Crippen LogP contribution in [-0.2, 0) is 23.2 Å². The number of aromatic nitrogens is 2. The van der Waals surface area contributed by atoms with Crippen molar-refractivity contribution in [3.05, 3.63) is 33.8 Å². The summed E-state index contributed by atoms with van der Waals surface area (Å²) < 4.78 is 27.5. The molecule has 2 N–H and O–H groups in total. The van der Waals surface area contributed by atoms with Crippen molar-refractivity contribution in [2.75, 3.05) is 0 Å². The molecule has 1 aliphatic rings. The van der Waals surface area contributed by atoms with Crippen molar-refractivity contribution in [1.29, 1.82) is 0 Å². The number of H-pyrrole nitrogens is 1. The molecule has 0 unspecified atom stereocenters. The molecular formula is C13H17N3O3S2. The minimum absolute atomic E-state index is 0.0537. The number of aryl methyl sites for hydroxylation is 1. The van der Waals surface area contributed by atoms with E-state index >= 15 is 0 Å². The summed E-state index contributed by atoms with van der Waals surface area (Å²) in [4.78, 5) is 1.13. The Labute approximate surface area is 127 Å². The third-order valence-corrected chi connectivity index (χ3v) is 6.49. The number of hydrogen-bond donors (Lipinski definition) is 2. The zero-order valence-corrected chi connectivity index (χ0v) is 13.2. The highest BCUT2D eigenvalue weighted by molar-refractivity contribution is 7.89. The highest BCUT2D eigenvalue weighted by Gasteiger charge is 2.40. The highest BCUT2D eigenvalue weighted by atomic mass is 32.2. The minimum Gasteiger partial charge on any atom is -0.390 e. The Morgan fingerprint density at radius 1 is 1.52 bits per heavy atom. The molecule has 0 aromatic carbocycles. The third-order valence-electron chi connectivity index (χ3n) is 3.52. The largest absolute Gasteiger partial charge is 0.390 e. The minimum atomic E-state index is -3.66. The Bertz CT molecular complexity index is 718. The van der Waals surface area contributed by atoms with E-state index in [1.54, 1.807) is 18.3 Å². The maximum Gasteiger partial charge on any atom is 0.247 e. The second-order valence-electron chi connectivity index (χ2n) is 5.14. The van der Waals surface area contributed by atoms with E-state index in [0.29, 0.717) is 12.2 Å². The highest BCUT2D eigenvalue weighted by Crippen LogP contribution is 2.35. The fourth-order valence-electron chi connectivity index (χ4n) is 2.37. The van der Waals surface area contributed by atoms with Gasteiger partial charge in [-0.25, -0.2) is 8.42 Å². The SMILES string of the molecule is Cc1[nH]nc(CO)c1S(=O)(=O)N(Cc1cccs1)C1CC1. The van der Waals surface area contributed by atoms with Crippen LogP contribution < -0.4 is 0 Å². The molecule has 0 aliphatic heterocycles. The van der Waals surface area contributed by atoms with Gasteiger partial charge in [-0.15, -0.1) is 11.3 Å². The molecule has 2 aromatic rings. The summed E-state index contributed by atoms with van der Waals surface area (Å²) in [6, 6.07) is 3.91. The first-order valence-corrected chi connectivity index (χ1v) is 9.05. The number of aliphatic hydroxyl groups excluding tert-OH is 1. The van der Waals surface area contributed by atoms with Gasteiger partial charge in [-0.1, -0.05) is 6.07 Å². The smallest absolute Gasteiger partial charge is 0.247 e. The maximum absolute atomic E-state index is 13.0. The van der Waals surface area contributed by atoms with Crippen LogP contribution in [0.2, 0.25) is 0 Å². The van der Waals surface area contributed by atoms with Crippen LogP contribution in [0.1, 0.15) is 29.1 Å². The van der Waals surface area contributed by atoms with E-state index in [0.717, 1.165) is 17.7 Å². The number of rotatable bonds is 6. The number of nitrogens with one attached hydrogen (secondary N) is 1. The first kappa shape index (κ1) is 14.7. The van der Waals surface area contributed by atoms with Crippen LogP contribution in [-0.4, -0.2) is 34.1 Å². The predicted octanol–water partition coefficient (Wildman–Crippen LogP) is 1.63. The summed E-state index contributed by atoms with van der Waals surface area (Å²) >= 11 is 1.55. The van der Waals surface area contributed by atoms with Crippen LogP contribution in [0.4, 0.5) is 0 Å². The molecule has 0 bridgehead atoms. The second kappa shape index (κ2) is 5.53. The lowest BCUT2D eigenvalue weighted by Gasteiger charge is -2.21. The number of thiophene rings is 1. The zero-order valence-electron chi connectivity index (χ0n) is 11.6. The Morgan fingerprint density at radius 2 is 2.29 bits per heavy atom. The van der Waals surface area contributed by atoms with E-state index in [1.165, 1.54) is 4.31 Å². The molecule has 1 saturated carbocycles. The van der Waals surface area contributed by atoms with E-state index in [2.05, 4.69) is 10.2 Å². The number of sulfonamides is 1. The van der Waals surface area contributed by atoms with Gasteiger partial charge in [0.05, 0.1) is 12.3 Å². The van der Waals surface area contributed by atoms with Crippen molar-refractivity contribution in [3.63, 3.8) is 0 Å². The van der Waals surface area contributed by atoms with E-state index in [9.17, 15) is 13.5 Å². The lowest BCUT2D eigenvalue weighted by Crippen LogP contribution is -2.33. The van der Waals surface area contributed by atoms with Crippen LogP contribution in [0.15, 0.2) is 22.4 Å². The Hall–Kier alpha value is -1.22. The van der Waals surface area contributed by atoms with Gasteiger partial charge in [-0.05, 0) is 31.2 Å². The van der Waals surface area contributed by atoms with Gasteiger partial charge in [-0.3, -0.25) is 5.10 Å². The molecule has 0 spiro atoms. The van der Waals surface area contributed by atoms with Crippen LogP contribution >= 0.6 is 11.3 Å². The van der Waals surface area contributed by atoms with Gasteiger partial charge < -0.3 is 5.11 Å². The monoisotopic (exact) mass is 327 g/mol. The van der Waals surface area contributed by atoms with Gasteiger partial charge in [0.15, 0.2) is 0 Å². The van der Waals surface area contributed by atoms with Gasteiger partial charge in [0.2, 0.25) is 10.0 Å². The van der Waals surface area contributed by atoms with Crippen molar-refractivity contribution >= 4 is 21.4 Å². The Balaban J connectivity index is 1.99. The number of hydrogen-bond acceptors (Lipinski definition) is 5. The van der Waals surface area contributed by atoms with Crippen molar-refractivity contribution in [2.24, 2.45) is 0 Å². The summed E-state index contributed by atoms with van der Waals surface area (Å²) in [5, 5.41) is 17.8. The van der Waals surface area contributed by atoms with Crippen molar-refractivity contribution in [2.45, 2.75) is 43.9 Å². The van der Waals surface area contributed by atoms with Crippen LogP contribution in [0.25, 0.3) is 0 Å². The van der Waals surface area contributed by atoms with Gasteiger partial charge in [0.1, 0.15) is 10.6 Å². The molecule has 8 heteroatoms. The molecule has 3 rings (SSSR count). The Morgan fingerprint density at radius 3 is 2.86 bits per heavy atom. The second-order valence-corrected chi connectivity index (χ2v) is 8.00. The average molecular weight is 327 g/mol. The molecular weight excluding hydrogens is 310 g/mol. The quantitative estimate of drug-likeness (QED) is 0.844. The summed E-state index contributed by atoms with van der Waals surface area (Å²) in [6.45, 7) is 1.64. The number of aromatic amines is 1. The molecule has 2 heterocycles. The first-order chi connectivity index (χ1) is 10.0. The summed E-state index contributed by atoms with van der Waals surface area (Å²) in [5.41, 5.74) is 0.653. The molecule has 6 nitrogen and oxygen atoms in total.